The average Bonchev–Trinajstić information content (AvgIpc) is 3.00. The first kappa shape index (κ1) is 20.6. The number of carbonyl (C=O) groups is 2. The van der Waals surface area contributed by atoms with Crippen LogP contribution in [-0.4, -0.2) is 22.8 Å². The van der Waals surface area contributed by atoms with Gasteiger partial charge in [-0.2, -0.15) is 0 Å². The number of rotatable bonds is 3. The summed E-state index contributed by atoms with van der Waals surface area (Å²) in [6, 6.07) is 0. The van der Waals surface area contributed by atoms with Gasteiger partial charge in [-0.25, -0.2) is 0 Å². The van der Waals surface area contributed by atoms with Gasteiger partial charge in [-0.1, -0.05) is 27.7 Å². The molecule has 3 heteroatoms. The van der Waals surface area contributed by atoms with Crippen molar-refractivity contribution in [3.05, 3.63) is 0 Å². The summed E-state index contributed by atoms with van der Waals surface area (Å²) in [4.78, 5) is 26.0. The van der Waals surface area contributed by atoms with Crippen molar-refractivity contribution in [2.75, 3.05) is 0 Å². The maximum Gasteiger partial charge on any atom is 0.139 e. The van der Waals surface area contributed by atoms with E-state index in [4.69, 9.17) is 0 Å². The van der Waals surface area contributed by atoms with E-state index in [0.717, 1.165) is 51.4 Å². The molecule has 0 radical (unpaired) electrons. The molecule has 0 unspecified atom stereocenters. The zero-order valence-corrected chi connectivity index (χ0v) is 18.5. The lowest BCUT2D eigenvalue weighted by molar-refractivity contribution is -0.173. The summed E-state index contributed by atoms with van der Waals surface area (Å²) in [5, 5.41) is 10.4. The van der Waals surface area contributed by atoms with E-state index in [1.165, 1.54) is 0 Å². The number of aliphatic hydroxyl groups is 1. The van der Waals surface area contributed by atoms with E-state index < -0.39 is 0 Å². The van der Waals surface area contributed by atoms with E-state index in [-0.39, 0.29) is 34.7 Å². The molecular weight excluding hydrogens is 348 g/mol. The number of Topliss-reactive ketones (excluding diaryl/α,β-unsaturated/α-hetero) is 2. The molecule has 0 spiro atoms. The molecule has 0 heterocycles. The van der Waals surface area contributed by atoms with Gasteiger partial charge in [-0.15, -0.1) is 0 Å². The smallest absolute Gasteiger partial charge is 0.139 e. The third kappa shape index (κ3) is 2.71. The van der Waals surface area contributed by atoms with Crippen LogP contribution in [0.2, 0.25) is 0 Å². The largest absolute Gasteiger partial charge is 0.393 e. The van der Waals surface area contributed by atoms with Gasteiger partial charge in [0.1, 0.15) is 11.6 Å². The molecule has 10 atom stereocenters. The Balaban J connectivity index is 1.71. The molecule has 4 fully saturated rings. The lowest BCUT2D eigenvalue weighted by Crippen LogP contribution is -2.60. The maximum absolute atomic E-state index is 13.8. The fourth-order valence-corrected chi connectivity index (χ4v) is 8.78. The molecule has 4 rings (SSSR count). The highest BCUT2D eigenvalue weighted by Crippen LogP contribution is 2.68. The highest BCUT2D eigenvalue weighted by atomic mass is 16.3. The lowest BCUT2D eigenvalue weighted by Gasteiger charge is -2.62. The average molecular weight is 389 g/mol. The Morgan fingerprint density at radius 3 is 2.36 bits per heavy atom. The number of hydrogen-bond acceptors (Lipinski definition) is 3. The van der Waals surface area contributed by atoms with E-state index in [2.05, 4.69) is 27.7 Å². The summed E-state index contributed by atoms with van der Waals surface area (Å²) in [5.74, 6) is 2.95. The molecule has 4 saturated carbocycles. The molecule has 0 saturated heterocycles. The van der Waals surface area contributed by atoms with Gasteiger partial charge in [-0.3, -0.25) is 9.59 Å². The molecule has 4 aliphatic rings. The predicted octanol–water partition coefficient (Wildman–Crippen LogP) is 5.05. The van der Waals surface area contributed by atoms with Crippen LogP contribution in [-0.2, 0) is 9.59 Å². The van der Waals surface area contributed by atoms with E-state index >= 15 is 0 Å². The van der Waals surface area contributed by atoms with Crippen molar-refractivity contribution < 1.29 is 14.7 Å². The topological polar surface area (TPSA) is 54.4 Å². The molecule has 1 N–H and O–H groups in total. The van der Waals surface area contributed by atoms with Crippen LogP contribution in [0.4, 0.5) is 0 Å². The molecule has 0 bridgehead atoms. The fourth-order valence-electron chi connectivity index (χ4n) is 8.78. The number of fused-ring (bicyclic) bond motifs is 5. The van der Waals surface area contributed by atoms with Crippen LogP contribution in [0.5, 0.6) is 0 Å². The third-order valence-electron chi connectivity index (χ3n) is 10.4. The Morgan fingerprint density at radius 2 is 1.71 bits per heavy atom. The molecule has 3 nitrogen and oxygen atoms in total. The monoisotopic (exact) mass is 388 g/mol. The Hall–Kier alpha value is -0.700. The van der Waals surface area contributed by atoms with Crippen molar-refractivity contribution in [1.29, 1.82) is 0 Å². The van der Waals surface area contributed by atoms with Crippen LogP contribution in [0.3, 0.4) is 0 Å². The molecule has 4 aliphatic carbocycles. The first-order valence-corrected chi connectivity index (χ1v) is 11.9. The van der Waals surface area contributed by atoms with Gasteiger partial charge >= 0.3 is 0 Å². The summed E-state index contributed by atoms with van der Waals surface area (Å²) in [5.41, 5.74) is 0.335. The van der Waals surface area contributed by atoms with Gasteiger partial charge in [0.2, 0.25) is 0 Å². The highest BCUT2D eigenvalue weighted by molar-refractivity contribution is 5.86. The molecular formula is C25H40O3. The second kappa shape index (κ2) is 6.93. The van der Waals surface area contributed by atoms with Crippen molar-refractivity contribution >= 4 is 11.6 Å². The summed E-state index contributed by atoms with van der Waals surface area (Å²) >= 11 is 0. The van der Waals surface area contributed by atoms with E-state index in [0.29, 0.717) is 35.2 Å². The number of carbonyl (C=O) groups excluding carboxylic acids is 2. The van der Waals surface area contributed by atoms with Gasteiger partial charge in [0, 0.05) is 17.8 Å². The highest BCUT2D eigenvalue weighted by Gasteiger charge is 2.65. The van der Waals surface area contributed by atoms with Crippen LogP contribution in [0.25, 0.3) is 0 Å². The van der Waals surface area contributed by atoms with Gasteiger partial charge in [0.25, 0.3) is 0 Å². The van der Waals surface area contributed by atoms with Gasteiger partial charge < -0.3 is 5.11 Å². The molecule has 158 valence electrons. The molecule has 0 aromatic carbocycles. The standard InChI is InChI=1S/C25H40O3/c1-6-17-21-13-16(27)9-11-25(21,5)20-10-12-24(4)18(14(2)15(3)26)7-8-19(24)22(20)23(17)28/h14,16-22,27H,6-13H2,1-5H3/t14-,16-,17+,18-,19+,20+,21+,22+,24-,25-/m1/s1. The van der Waals surface area contributed by atoms with Crippen LogP contribution in [0.1, 0.15) is 86.0 Å². The van der Waals surface area contributed by atoms with E-state index in [9.17, 15) is 14.7 Å². The summed E-state index contributed by atoms with van der Waals surface area (Å²) in [7, 11) is 0. The second-order valence-electron chi connectivity index (χ2n) is 11.3. The van der Waals surface area contributed by atoms with Crippen molar-refractivity contribution in [2.24, 2.45) is 52.3 Å². The minimum atomic E-state index is -0.224. The van der Waals surface area contributed by atoms with E-state index in [1.54, 1.807) is 6.92 Å². The van der Waals surface area contributed by atoms with Gasteiger partial charge in [-0.05, 0) is 92.8 Å². The maximum atomic E-state index is 13.8. The summed E-state index contributed by atoms with van der Waals surface area (Å²) in [6.07, 6.45) is 7.98. The number of ketones is 2. The van der Waals surface area contributed by atoms with Crippen molar-refractivity contribution in [3.8, 4) is 0 Å². The molecule has 0 aliphatic heterocycles. The van der Waals surface area contributed by atoms with Crippen molar-refractivity contribution in [3.63, 3.8) is 0 Å². The predicted molar refractivity (Wildman–Crippen MR) is 111 cm³/mol. The molecule has 28 heavy (non-hydrogen) atoms. The van der Waals surface area contributed by atoms with Crippen LogP contribution in [0.15, 0.2) is 0 Å². The SMILES string of the molecule is CC[C@@H]1C(=O)[C@@H]2[C@H](CC[C@]3(C)[C@@H]([C@H](C)C(C)=O)CC[C@@H]23)[C@@]2(C)CC[C@@H](O)C[C@@H]12. The first-order valence-electron chi connectivity index (χ1n) is 11.9. The Kier molecular flexibility index (Phi) is 5.09. The summed E-state index contributed by atoms with van der Waals surface area (Å²) in [6.45, 7) is 10.9. The zero-order valence-electron chi connectivity index (χ0n) is 18.5. The Bertz CT molecular complexity index is 656. The Labute approximate surface area is 171 Å². The normalized spacial score (nSPS) is 51.8. The van der Waals surface area contributed by atoms with E-state index in [1.807, 2.05) is 0 Å². The summed E-state index contributed by atoms with van der Waals surface area (Å²) < 4.78 is 0. The minimum Gasteiger partial charge on any atom is -0.393 e. The Morgan fingerprint density at radius 1 is 1.07 bits per heavy atom. The minimum absolute atomic E-state index is 0.111. The molecule has 0 aromatic rings. The van der Waals surface area contributed by atoms with Gasteiger partial charge in [0.05, 0.1) is 6.10 Å². The van der Waals surface area contributed by atoms with Gasteiger partial charge in [0.15, 0.2) is 0 Å². The van der Waals surface area contributed by atoms with Crippen LogP contribution >= 0.6 is 0 Å². The second-order valence-corrected chi connectivity index (χ2v) is 11.3. The number of aliphatic hydroxyl groups excluding tert-OH is 1. The zero-order chi connectivity index (χ0) is 20.4. The molecule has 0 aromatic heterocycles. The fraction of sp³-hybridized carbons (Fsp3) is 0.920. The third-order valence-corrected chi connectivity index (χ3v) is 10.4. The van der Waals surface area contributed by atoms with Crippen molar-refractivity contribution in [2.45, 2.75) is 92.1 Å². The lowest BCUT2D eigenvalue weighted by atomic mass is 9.42. The quantitative estimate of drug-likeness (QED) is 0.736. The first-order chi connectivity index (χ1) is 13.1. The van der Waals surface area contributed by atoms with Crippen LogP contribution in [0, 0.1) is 52.3 Å². The van der Waals surface area contributed by atoms with Crippen LogP contribution < -0.4 is 0 Å². The number of hydrogen-bond donors (Lipinski definition) is 1. The van der Waals surface area contributed by atoms with Crippen molar-refractivity contribution in [1.82, 2.24) is 0 Å². The molecule has 0 amide bonds.